The monoisotopic (exact) mass is 296 g/mol. The standard InChI is InChI=1S/C15H21FN2OS/c1-2-9-20-18(15(17)19)14(10-11-3-4-11)12-5-7-13(16)8-6-12/h5-8,11,14H,2-4,9-10H2,1H3,(H2,17,19). The Balaban J connectivity index is 2.19. The van der Waals surface area contributed by atoms with Crippen molar-refractivity contribution in [3.8, 4) is 0 Å². The van der Waals surface area contributed by atoms with Gasteiger partial charge in [-0.1, -0.05) is 31.9 Å². The van der Waals surface area contributed by atoms with Crippen molar-refractivity contribution < 1.29 is 9.18 Å². The van der Waals surface area contributed by atoms with Gasteiger partial charge >= 0.3 is 6.03 Å². The van der Waals surface area contributed by atoms with Crippen LogP contribution >= 0.6 is 11.9 Å². The van der Waals surface area contributed by atoms with Crippen molar-refractivity contribution in [1.29, 1.82) is 0 Å². The molecule has 2 amide bonds. The smallest absolute Gasteiger partial charge is 0.325 e. The van der Waals surface area contributed by atoms with Crippen LogP contribution in [-0.2, 0) is 0 Å². The Labute approximate surface area is 123 Å². The molecule has 1 aliphatic carbocycles. The predicted molar refractivity (Wildman–Crippen MR) is 80.7 cm³/mol. The number of nitrogens with two attached hydrogens (primary N) is 1. The van der Waals surface area contributed by atoms with E-state index < -0.39 is 6.03 Å². The van der Waals surface area contributed by atoms with Crippen LogP contribution in [0.4, 0.5) is 9.18 Å². The first-order valence-corrected chi connectivity index (χ1v) is 8.03. The molecule has 0 bridgehead atoms. The highest BCUT2D eigenvalue weighted by molar-refractivity contribution is 7.97. The highest BCUT2D eigenvalue weighted by atomic mass is 32.2. The van der Waals surface area contributed by atoms with E-state index >= 15 is 0 Å². The number of carbonyl (C=O) groups is 1. The lowest BCUT2D eigenvalue weighted by molar-refractivity contribution is 0.222. The summed E-state index contributed by atoms with van der Waals surface area (Å²) < 4.78 is 14.7. The summed E-state index contributed by atoms with van der Waals surface area (Å²) in [6.07, 6.45) is 4.31. The maximum absolute atomic E-state index is 13.1. The minimum Gasteiger partial charge on any atom is -0.351 e. The Kier molecular flexibility index (Phi) is 5.29. The molecule has 2 N–H and O–H groups in total. The van der Waals surface area contributed by atoms with Crippen molar-refractivity contribution in [3.05, 3.63) is 35.6 Å². The molecule has 1 saturated carbocycles. The van der Waals surface area contributed by atoms with Crippen LogP contribution in [0.3, 0.4) is 0 Å². The van der Waals surface area contributed by atoms with Crippen molar-refractivity contribution >= 4 is 18.0 Å². The van der Waals surface area contributed by atoms with E-state index in [1.165, 1.54) is 36.9 Å². The molecule has 0 saturated heterocycles. The summed E-state index contributed by atoms with van der Waals surface area (Å²) in [5, 5.41) is 0. The molecule has 110 valence electrons. The second kappa shape index (κ2) is 6.97. The van der Waals surface area contributed by atoms with Crippen LogP contribution in [0.25, 0.3) is 0 Å². The summed E-state index contributed by atoms with van der Waals surface area (Å²) in [6.45, 7) is 2.07. The van der Waals surface area contributed by atoms with Gasteiger partial charge in [0, 0.05) is 5.75 Å². The fourth-order valence-electron chi connectivity index (χ4n) is 2.22. The van der Waals surface area contributed by atoms with Gasteiger partial charge in [0.1, 0.15) is 5.82 Å². The van der Waals surface area contributed by atoms with E-state index in [-0.39, 0.29) is 11.9 Å². The van der Waals surface area contributed by atoms with Crippen molar-refractivity contribution in [1.82, 2.24) is 4.31 Å². The lowest BCUT2D eigenvalue weighted by Gasteiger charge is -2.29. The number of carbonyl (C=O) groups excluding carboxylic acids is 1. The number of nitrogens with zero attached hydrogens (tertiary/aromatic N) is 1. The maximum atomic E-state index is 13.1. The summed E-state index contributed by atoms with van der Waals surface area (Å²) in [6, 6.07) is 5.92. The highest BCUT2D eigenvalue weighted by Gasteiger charge is 2.31. The predicted octanol–water partition coefficient (Wildman–Crippen LogP) is 4.11. The van der Waals surface area contributed by atoms with E-state index in [4.69, 9.17) is 5.73 Å². The number of hydrogen-bond acceptors (Lipinski definition) is 2. The molecule has 1 aliphatic rings. The van der Waals surface area contributed by atoms with Gasteiger partial charge in [0.2, 0.25) is 0 Å². The Morgan fingerprint density at radius 3 is 2.60 bits per heavy atom. The minimum atomic E-state index is -0.418. The molecule has 20 heavy (non-hydrogen) atoms. The summed E-state index contributed by atoms with van der Waals surface area (Å²) in [5.41, 5.74) is 6.49. The summed E-state index contributed by atoms with van der Waals surface area (Å²) in [5.74, 6) is 1.26. The number of rotatable bonds is 7. The van der Waals surface area contributed by atoms with Gasteiger partial charge in [0.05, 0.1) is 6.04 Å². The molecule has 1 atom stereocenters. The van der Waals surface area contributed by atoms with E-state index in [2.05, 4.69) is 6.92 Å². The zero-order valence-corrected chi connectivity index (χ0v) is 12.5. The Hall–Kier alpha value is -1.23. The third-order valence-electron chi connectivity index (χ3n) is 3.44. The van der Waals surface area contributed by atoms with Gasteiger partial charge in [-0.3, -0.25) is 4.31 Å². The maximum Gasteiger partial charge on any atom is 0.325 e. The Morgan fingerprint density at radius 2 is 2.10 bits per heavy atom. The van der Waals surface area contributed by atoms with E-state index in [0.29, 0.717) is 5.92 Å². The fourth-order valence-corrected chi connectivity index (χ4v) is 3.11. The Morgan fingerprint density at radius 1 is 1.45 bits per heavy atom. The van der Waals surface area contributed by atoms with Gasteiger partial charge in [0.25, 0.3) is 0 Å². The van der Waals surface area contributed by atoms with Gasteiger partial charge in [0.15, 0.2) is 0 Å². The average Bonchev–Trinajstić information content (AvgIpc) is 3.22. The van der Waals surface area contributed by atoms with Crippen molar-refractivity contribution in [2.24, 2.45) is 11.7 Å². The molecule has 1 unspecified atom stereocenters. The molecule has 0 radical (unpaired) electrons. The van der Waals surface area contributed by atoms with Crippen LogP contribution in [0.1, 0.15) is 44.2 Å². The molecule has 5 heteroatoms. The molecule has 1 aromatic carbocycles. The van der Waals surface area contributed by atoms with Gasteiger partial charge in [-0.15, -0.1) is 0 Å². The number of urea groups is 1. The minimum absolute atomic E-state index is 0.0582. The van der Waals surface area contributed by atoms with Crippen molar-refractivity contribution in [3.63, 3.8) is 0 Å². The second-order valence-corrected chi connectivity index (χ2v) is 6.30. The van der Waals surface area contributed by atoms with Crippen LogP contribution in [0.2, 0.25) is 0 Å². The van der Waals surface area contributed by atoms with Crippen molar-refractivity contribution in [2.45, 2.75) is 38.6 Å². The Bertz CT molecular complexity index is 448. The summed E-state index contributed by atoms with van der Waals surface area (Å²) in [4.78, 5) is 11.7. The first-order valence-electron chi connectivity index (χ1n) is 7.08. The van der Waals surface area contributed by atoms with Gasteiger partial charge in [-0.2, -0.15) is 0 Å². The highest BCUT2D eigenvalue weighted by Crippen LogP contribution is 2.42. The molecule has 3 nitrogen and oxygen atoms in total. The van der Waals surface area contributed by atoms with E-state index in [9.17, 15) is 9.18 Å². The van der Waals surface area contributed by atoms with E-state index in [1.807, 2.05) is 0 Å². The number of hydrogen-bond donors (Lipinski definition) is 1. The molecular formula is C15H21FN2OS. The zero-order valence-electron chi connectivity index (χ0n) is 11.7. The molecule has 0 heterocycles. The van der Waals surface area contributed by atoms with Crippen LogP contribution in [0.5, 0.6) is 0 Å². The average molecular weight is 296 g/mol. The van der Waals surface area contributed by atoms with Gasteiger partial charge < -0.3 is 5.73 Å². The van der Waals surface area contributed by atoms with Crippen LogP contribution in [0, 0.1) is 11.7 Å². The van der Waals surface area contributed by atoms with Gasteiger partial charge in [-0.05, 0) is 48.4 Å². The summed E-state index contributed by atoms with van der Waals surface area (Å²) in [7, 11) is 0. The molecule has 2 rings (SSSR count). The van der Waals surface area contributed by atoms with E-state index in [0.717, 1.165) is 24.2 Å². The SMILES string of the molecule is CCCSN(C(N)=O)C(CC1CC1)c1ccc(F)cc1. The van der Waals surface area contributed by atoms with Crippen LogP contribution in [0.15, 0.2) is 24.3 Å². The lowest BCUT2D eigenvalue weighted by Crippen LogP contribution is -2.34. The van der Waals surface area contributed by atoms with E-state index in [1.54, 1.807) is 16.4 Å². The first kappa shape index (κ1) is 15.2. The number of benzene rings is 1. The van der Waals surface area contributed by atoms with Crippen molar-refractivity contribution in [2.75, 3.05) is 5.75 Å². The number of primary amides is 1. The normalized spacial score (nSPS) is 15.9. The lowest BCUT2D eigenvalue weighted by atomic mass is 10.0. The molecule has 1 aromatic rings. The third kappa shape index (κ3) is 4.13. The first-order chi connectivity index (χ1) is 9.61. The number of amides is 2. The third-order valence-corrected chi connectivity index (χ3v) is 4.75. The fraction of sp³-hybridized carbons (Fsp3) is 0.533. The zero-order chi connectivity index (χ0) is 14.5. The van der Waals surface area contributed by atoms with Crippen LogP contribution < -0.4 is 5.73 Å². The number of halogens is 1. The molecule has 0 aromatic heterocycles. The summed E-state index contributed by atoms with van der Waals surface area (Å²) >= 11 is 1.47. The van der Waals surface area contributed by atoms with Crippen LogP contribution in [-0.4, -0.2) is 16.1 Å². The largest absolute Gasteiger partial charge is 0.351 e. The van der Waals surface area contributed by atoms with Gasteiger partial charge in [-0.25, -0.2) is 9.18 Å². The quantitative estimate of drug-likeness (QED) is 0.770. The molecule has 1 fully saturated rings. The molecular weight excluding hydrogens is 275 g/mol. The topological polar surface area (TPSA) is 46.3 Å². The molecule has 0 spiro atoms. The second-order valence-electron chi connectivity index (χ2n) is 5.24. The molecule has 0 aliphatic heterocycles.